The van der Waals surface area contributed by atoms with E-state index in [9.17, 15) is 0 Å². The largest absolute Gasteiger partial charge is 0.361 e. The Morgan fingerprint density at radius 2 is 2.40 bits per heavy atom. The molecule has 1 N–H and O–H groups in total. The van der Waals surface area contributed by atoms with Crippen LogP contribution in [0.25, 0.3) is 11.6 Å². The summed E-state index contributed by atoms with van der Waals surface area (Å²) in [6, 6.07) is 1.98. The molecule has 0 amide bonds. The first-order valence-electron chi connectivity index (χ1n) is 3.21. The number of H-pyrrole nitrogens is 1. The van der Waals surface area contributed by atoms with E-state index < -0.39 is 0 Å². The van der Waals surface area contributed by atoms with Gasteiger partial charge in [0.1, 0.15) is 0 Å². The third-order valence-electron chi connectivity index (χ3n) is 1.43. The Morgan fingerprint density at radius 1 is 1.70 bits per heavy atom. The monoisotopic (exact) mass is 133 g/mol. The summed E-state index contributed by atoms with van der Waals surface area (Å²) in [6.45, 7) is 9.48. The highest BCUT2D eigenvalue weighted by molar-refractivity contribution is 5.68. The standard InChI is InChI=1S/C9H11N/c1-4-8-5-6-10-9(8)7(2)3/h4-6,10H,1-2H2,3H3. The maximum atomic E-state index is 3.83. The molecule has 0 aliphatic rings. The van der Waals surface area contributed by atoms with Gasteiger partial charge in [0.2, 0.25) is 0 Å². The number of aromatic amines is 1. The van der Waals surface area contributed by atoms with Crippen LogP contribution < -0.4 is 0 Å². The molecule has 0 radical (unpaired) electrons. The molecule has 1 aromatic rings. The molecule has 1 heterocycles. The Balaban J connectivity index is 3.13. The minimum absolute atomic E-state index is 1.04. The van der Waals surface area contributed by atoms with Gasteiger partial charge in [-0.2, -0.15) is 0 Å². The van der Waals surface area contributed by atoms with E-state index in [1.807, 2.05) is 25.3 Å². The molecular weight excluding hydrogens is 122 g/mol. The van der Waals surface area contributed by atoms with Crippen LogP contribution in [-0.4, -0.2) is 4.98 Å². The van der Waals surface area contributed by atoms with Gasteiger partial charge in [-0.05, 0) is 24.1 Å². The van der Waals surface area contributed by atoms with Crippen LogP contribution in [0, 0.1) is 0 Å². The quantitative estimate of drug-likeness (QED) is 0.638. The fourth-order valence-electron chi connectivity index (χ4n) is 0.921. The summed E-state index contributed by atoms with van der Waals surface area (Å²) in [5.41, 5.74) is 3.24. The topological polar surface area (TPSA) is 15.8 Å². The minimum atomic E-state index is 1.04. The number of allylic oxidation sites excluding steroid dienone is 1. The maximum absolute atomic E-state index is 3.83. The molecule has 0 aliphatic heterocycles. The Hall–Kier alpha value is -1.24. The van der Waals surface area contributed by atoms with Crippen molar-refractivity contribution >= 4 is 11.6 Å². The van der Waals surface area contributed by atoms with Crippen molar-refractivity contribution in [2.24, 2.45) is 0 Å². The maximum Gasteiger partial charge on any atom is 0.0477 e. The van der Waals surface area contributed by atoms with Gasteiger partial charge in [-0.1, -0.05) is 19.2 Å². The molecule has 1 heteroatoms. The average molecular weight is 133 g/mol. The third kappa shape index (κ3) is 1.03. The van der Waals surface area contributed by atoms with Crippen molar-refractivity contribution < 1.29 is 0 Å². The van der Waals surface area contributed by atoms with Crippen LogP contribution in [0.1, 0.15) is 18.2 Å². The van der Waals surface area contributed by atoms with Gasteiger partial charge in [0.05, 0.1) is 0 Å². The van der Waals surface area contributed by atoms with Crippen molar-refractivity contribution in [1.82, 2.24) is 4.98 Å². The SMILES string of the molecule is C=Cc1cc[nH]c1C(=C)C. The van der Waals surface area contributed by atoms with Crippen LogP contribution in [0.2, 0.25) is 0 Å². The number of hydrogen-bond acceptors (Lipinski definition) is 0. The van der Waals surface area contributed by atoms with E-state index in [-0.39, 0.29) is 0 Å². The fourth-order valence-corrected chi connectivity index (χ4v) is 0.921. The van der Waals surface area contributed by atoms with Gasteiger partial charge in [0.15, 0.2) is 0 Å². The second-order valence-corrected chi connectivity index (χ2v) is 2.29. The minimum Gasteiger partial charge on any atom is -0.361 e. The van der Waals surface area contributed by atoms with E-state index in [1.165, 1.54) is 0 Å². The second-order valence-electron chi connectivity index (χ2n) is 2.29. The summed E-state index contributed by atoms with van der Waals surface area (Å²) in [7, 11) is 0. The van der Waals surface area contributed by atoms with Crippen LogP contribution >= 0.6 is 0 Å². The van der Waals surface area contributed by atoms with Gasteiger partial charge in [-0.25, -0.2) is 0 Å². The zero-order chi connectivity index (χ0) is 7.56. The first-order chi connectivity index (χ1) is 4.75. The molecule has 0 aromatic carbocycles. The molecule has 0 spiro atoms. The van der Waals surface area contributed by atoms with Crippen LogP contribution in [0.5, 0.6) is 0 Å². The number of hydrogen-bond donors (Lipinski definition) is 1. The highest BCUT2D eigenvalue weighted by atomic mass is 14.7. The van der Waals surface area contributed by atoms with Gasteiger partial charge < -0.3 is 4.98 Å². The molecular formula is C9H11N. The molecule has 1 aromatic heterocycles. The summed E-state index contributed by atoms with van der Waals surface area (Å²) in [6.07, 6.45) is 3.71. The van der Waals surface area contributed by atoms with E-state index in [0.29, 0.717) is 0 Å². The second kappa shape index (κ2) is 2.56. The van der Waals surface area contributed by atoms with Gasteiger partial charge in [-0.15, -0.1) is 0 Å². The first-order valence-corrected chi connectivity index (χ1v) is 3.21. The number of rotatable bonds is 2. The predicted molar refractivity (Wildman–Crippen MR) is 45.6 cm³/mol. The highest BCUT2D eigenvalue weighted by Crippen LogP contribution is 2.15. The average Bonchev–Trinajstić information content (AvgIpc) is 2.33. The Morgan fingerprint density at radius 3 is 2.80 bits per heavy atom. The van der Waals surface area contributed by atoms with E-state index in [2.05, 4.69) is 18.1 Å². The Bertz CT molecular complexity index is 255. The smallest absolute Gasteiger partial charge is 0.0477 e. The Kier molecular flexibility index (Phi) is 1.76. The van der Waals surface area contributed by atoms with Crippen molar-refractivity contribution in [2.45, 2.75) is 6.92 Å². The molecule has 0 aliphatic carbocycles. The molecule has 0 bridgehead atoms. The van der Waals surface area contributed by atoms with Gasteiger partial charge in [0, 0.05) is 11.9 Å². The lowest BCUT2D eigenvalue weighted by Gasteiger charge is -1.95. The van der Waals surface area contributed by atoms with Crippen LogP contribution in [-0.2, 0) is 0 Å². The normalized spacial score (nSPS) is 9.30. The summed E-state index contributed by atoms with van der Waals surface area (Å²) in [5.74, 6) is 0. The lowest BCUT2D eigenvalue weighted by Crippen LogP contribution is -1.79. The zero-order valence-electron chi connectivity index (χ0n) is 6.15. The van der Waals surface area contributed by atoms with Gasteiger partial charge in [-0.3, -0.25) is 0 Å². The molecule has 0 unspecified atom stereocenters. The van der Waals surface area contributed by atoms with Gasteiger partial charge in [0.25, 0.3) is 0 Å². The van der Waals surface area contributed by atoms with E-state index in [4.69, 9.17) is 0 Å². The number of aromatic nitrogens is 1. The van der Waals surface area contributed by atoms with E-state index >= 15 is 0 Å². The summed E-state index contributed by atoms with van der Waals surface area (Å²) < 4.78 is 0. The molecule has 1 rings (SSSR count). The molecule has 0 fully saturated rings. The highest BCUT2D eigenvalue weighted by Gasteiger charge is 1.98. The van der Waals surface area contributed by atoms with E-state index in [1.54, 1.807) is 0 Å². The van der Waals surface area contributed by atoms with Crippen LogP contribution in [0.3, 0.4) is 0 Å². The molecule has 52 valence electrons. The molecule has 0 atom stereocenters. The number of nitrogens with one attached hydrogen (secondary N) is 1. The first kappa shape index (κ1) is 6.87. The molecule has 0 saturated heterocycles. The molecule has 10 heavy (non-hydrogen) atoms. The van der Waals surface area contributed by atoms with Crippen molar-refractivity contribution in [1.29, 1.82) is 0 Å². The third-order valence-corrected chi connectivity index (χ3v) is 1.43. The zero-order valence-corrected chi connectivity index (χ0v) is 6.15. The van der Waals surface area contributed by atoms with E-state index in [0.717, 1.165) is 16.8 Å². The van der Waals surface area contributed by atoms with Crippen molar-refractivity contribution in [2.75, 3.05) is 0 Å². The lowest BCUT2D eigenvalue weighted by atomic mass is 10.1. The lowest BCUT2D eigenvalue weighted by molar-refractivity contribution is 1.34. The Labute approximate surface area is 61.1 Å². The van der Waals surface area contributed by atoms with Crippen molar-refractivity contribution in [3.8, 4) is 0 Å². The predicted octanol–water partition coefficient (Wildman–Crippen LogP) is 2.69. The summed E-state index contributed by atoms with van der Waals surface area (Å²) in [4.78, 5) is 3.09. The summed E-state index contributed by atoms with van der Waals surface area (Å²) >= 11 is 0. The van der Waals surface area contributed by atoms with Crippen LogP contribution in [0.4, 0.5) is 0 Å². The molecule has 0 saturated carbocycles. The molecule has 1 nitrogen and oxygen atoms in total. The fraction of sp³-hybridized carbons (Fsp3) is 0.111. The van der Waals surface area contributed by atoms with Crippen molar-refractivity contribution in [3.63, 3.8) is 0 Å². The van der Waals surface area contributed by atoms with Gasteiger partial charge >= 0.3 is 0 Å². The van der Waals surface area contributed by atoms with Crippen molar-refractivity contribution in [3.05, 3.63) is 36.7 Å². The summed E-state index contributed by atoms with van der Waals surface area (Å²) in [5, 5.41) is 0. The van der Waals surface area contributed by atoms with Crippen LogP contribution in [0.15, 0.2) is 25.4 Å².